The predicted molar refractivity (Wildman–Crippen MR) is 130 cm³/mol. The molecule has 1 fully saturated rings. The number of benzene rings is 2. The quantitative estimate of drug-likeness (QED) is 0.619. The molecule has 2 aromatic rings. The molecule has 2 aliphatic rings. The van der Waals surface area contributed by atoms with Crippen molar-refractivity contribution < 1.29 is 19.1 Å². The predicted octanol–water partition coefficient (Wildman–Crippen LogP) is 4.32. The fourth-order valence-electron chi connectivity index (χ4n) is 4.74. The number of likely N-dealkylation sites (tertiary alicyclic amines) is 1. The SMILES string of the molecule is CCOC(=O)C1CCN(C(=O)c2ccc(NC3c4ccccc4C(=O)N3CC(C)C)cc2)CC1. The van der Waals surface area contributed by atoms with Gasteiger partial charge in [0.05, 0.1) is 12.5 Å². The second kappa shape index (κ2) is 10.3. The second-order valence-corrected chi connectivity index (χ2v) is 9.38. The lowest BCUT2D eigenvalue weighted by molar-refractivity contribution is -0.149. The summed E-state index contributed by atoms with van der Waals surface area (Å²) in [7, 11) is 0. The van der Waals surface area contributed by atoms with Crippen molar-refractivity contribution >= 4 is 23.5 Å². The minimum absolute atomic E-state index is 0.0308. The van der Waals surface area contributed by atoms with Crippen molar-refractivity contribution in [1.29, 1.82) is 0 Å². The van der Waals surface area contributed by atoms with Gasteiger partial charge in [-0.1, -0.05) is 32.0 Å². The Morgan fingerprint density at radius 1 is 1.06 bits per heavy atom. The van der Waals surface area contributed by atoms with Gasteiger partial charge in [0, 0.05) is 42.0 Å². The minimum Gasteiger partial charge on any atom is -0.466 e. The van der Waals surface area contributed by atoms with Crippen LogP contribution in [-0.4, -0.2) is 53.8 Å². The van der Waals surface area contributed by atoms with Crippen molar-refractivity contribution in [1.82, 2.24) is 9.80 Å². The third-order valence-corrected chi connectivity index (χ3v) is 6.46. The molecular formula is C27H33N3O4. The molecule has 4 rings (SSSR count). The maximum atomic E-state index is 13.0. The van der Waals surface area contributed by atoms with Gasteiger partial charge in [-0.05, 0) is 56.0 Å². The molecule has 2 aromatic carbocycles. The number of rotatable bonds is 7. The monoisotopic (exact) mass is 463 g/mol. The van der Waals surface area contributed by atoms with Gasteiger partial charge in [-0.2, -0.15) is 0 Å². The Morgan fingerprint density at radius 2 is 1.74 bits per heavy atom. The van der Waals surface area contributed by atoms with Gasteiger partial charge >= 0.3 is 5.97 Å². The van der Waals surface area contributed by atoms with E-state index in [0.29, 0.717) is 50.6 Å². The molecule has 7 heteroatoms. The number of ether oxygens (including phenoxy) is 1. The fraction of sp³-hybridized carbons (Fsp3) is 0.444. The summed E-state index contributed by atoms with van der Waals surface area (Å²) in [5, 5.41) is 3.49. The molecule has 1 unspecified atom stereocenters. The van der Waals surface area contributed by atoms with Crippen molar-refractivity contribution in [3.05, 3.63) is 65.2 Å². The molecule has 1 atom stereocenters. The summed E-state index contributed by atoms with van der Waals surface area (Å²) in [5.41, 5.74) is 3.17. The normalized spacial score (nSPS) is 18.2. The van der Waals surface area contributed by atoms with Gasteiger partial charge in [0.2, 0.25) is 0 Å². The standard InChI is InChI=1S/C27H33N3O4/c1-4-34-27(33)20-13-15-29(16-14-20)25(31)19-9-11-21(12-10-19)28-24-22-7-5-6-8-23(22)26(32)30(24)17-18(2)3/h5-12,18,20,24,28H,4,13-17H2,1-3H3. The summed E-state index contributed by atoms with van der Waals surface area (Å²) < 4.78 is 5.11. The van der Waals surface area contributed by atoms with E-state index in [9.17, 15) is 14.4 Å². The van der Waals surface area contributed by atoms with E-state index in [-0.39, 0.29) is 29.9 Å². The van der Waals surface area contributed by atoms with E-state index in [0.717, 1.165) is 16.8 Å². The van der Waals surface area contributed by atoms with Crippen LogP contribution in [0.4, 0.5) is 5.69 Å². The Labute approximate surface area is 201 Å². The van der Waals surface area contributed by atoms with Gasteiger partial charge in [0.25, 0.3) is 11.8 Å². The summed E-state index contributed by atoms with van der Waals surface area (Å²) >= 11 is 0. The lowest BCUT2D eigenvalue weighted by atomic mass is 9.96. The van der Waals surface area contributed by atoms with Crippen LogP contribution in [0.25, 0.3) is 0 Å². The van der Waals surface area contributed by atoms with Gasteiger partial charge in [-0.15, -0.1) is 0 Å². The van der Waals surface area contributed by atoms with Crippen LogP contribution in [0.2, 0.25) is 0 Å². The minimum atomic E-state index is -0.241. The lowest BCUT2D eigenvalue weighted by Gasteiger charge is -2.31. The van der Waals surface area contributed by atoms with Gasteiger partial charge in [0.15, 0.2) is 0 Å². The summed E-state index contributed by atoms with van der Waals surface area (Å²) in [4.78, 5) is 41.6. The number of fused-ring (bicyclic) bond motifs is 1. The highest BCUT2D eigenvalue weighted by Gasteiger charge is 2.36. The molecule has 0 aromatic heterocycles. The van der Waals surface area contributed by atoms with Crippen molar-refractivity contribution in [2.24, 2.45) is 11.8 Å². The van der Waals surface area contributed by atoms with Crippen molar-refractivity contribution in [3.63, 3.8) is 0 Å². The molecule has 0 saturated carbocycles. The van der Waals surface area contributed by atoms with Gasteiger partial charge < -0.3 is 19.9 Å². The molecule has 2 amide bonds. The highest BCUT2D eigenvalue weighted by Crippen LogP contribution is 2.35. The number of hydrogen-bond donors (Lipinski definition) is 1. The van der Waals surface area contributed by atoms with Crippen LogP contribution in [0, 0.1) is 11.8 Å². The average Bonchev–Trinajstić information content (AvgIpc) is 3.10. The zero-order valence-corrected chi connectivity index (χ0v) is 20.1. The Kier molecular flexibility index (Phi) is 7.20. The number of carbonyl (C=O) groups is 3. The van der Waals surface area contributed by atoms with E-state index in [2.05, 4.69) is 19.2 Å². The first-order valence-corrected chi connectivity index (χ1v) is 12.1. The van der Waals surface area contributed by atoms with Crippen LogP contribution in [0.3, 0.4) is 0 Å². The summed E-state index contributed by atoms with van der Waals surface area (Å²) in [5.74, 6) is 0.0666. The lowest BCUT2D eigenvalue weighted by Crippen LogP contribution is -2.40. The van der Waals surface area contributed by atoms with Gasteiger partial charge in [0.1, 0.15) is 6.17 Å². The van der Waals surface area contributed by atoms with E-state index in [1.807, 2.05) is 53.4 Å². The molecule has 1 saturated heterocycles. The zero-order valence-electron chi connectivity index (χ0n) is 20.1. The third kappa shape index (κ3) is 4.93. The highest BCUT2D eigenvalue weighted by atomic mass is 16.5. The maximum Gasteiger partial charge on any atom is 0.309 e. The van der Waals surface area contributed by atoms with Crippen LogP contribution >= 0.6 is 0 Å². The van der Waals surface area contributed by atoms with Gasteiger partial charge in [-0.3, -0.25) is 14.4 Å². The van der Waals surface area contributed by atoms with E-state index in [4.69, 9.17) is 4.74 Å². The summed E-state index contributed by atoms with van der Waals surface area (Å²) in [6, 6.07) is 15.1. The summed E-state index contributed by atoms with van der Waals surface area (Å²) in [6.45, 7) is 8.14. The maximum absolute atomic E-state index is 13.0. The molecular weight excluding hydrogens is 430 g/mol. The molecule has 180 valence electrons. The largest absolute Gasteiger partial charge is 0.466 e. The topological polar surface area (TPSA) is 79.0 Å². The first kappa shape index (κ1) is 23.8. The molecule has 34 heavy (non-hydrogen) atoms. The Bertz CT molecular complexity index is 1040. The molecule has 1 N–H and O–H groups in total. The number of anilines is 1. The van der Waals surface area contributed by atoms with Crippen LogP contribution in [-0.2, 0) is 9.53 Å². The Morgan fingerprint density at radius 3 is 2.38 bits per heavy atom. The molecule has 0 radical (unpaired) electrons. The van der Waals surface area contributed by atoms with Crippen LogP contribution in [0.5, 0.6) is 0 Å². The number of carbonyl (C=O) groups excluding carboxylic acids is 3. The molecule has 2 heterocycles. The number of amides is 2. The molecule has 7 nitrogen and oxygen atoms in total. The smallest absolute Gasteiger partial charge is 0.309 e. The third-order valence-electron chi connectivity index (χ3n) is 6.46. The number of nitrogens with zero attached hydrogens (tertiary/aromatic N) is 2. The number of hydrogen-bond acceptors (Lipinski definition) is 5. The van der Waals surface area contributed by atoms with Crippen molar-refractivity contribution in [2.75, 3.05) is 31.6 Å². The Balaban J connectivity index is 1.42. The van der Waals surface area contributed by atoms with E-state index < -0.39 is 0 Å². The van der Waals surface area contributed by atoms with Crippen LogP contribution in [0.15, 0.2) is 48.5 Å². The number of nitrogens with one attached hydrogen (secondary N) is 1. The fourth-order valence-corrected chi connectivity index (χ4v) is 4.74. The molecule has 0 bridgehead atoms. The second-order valence-electron chi connectivity index (χ2n) is 9.38. The van der Waals surface area contributed by atoms with E-state index in [1.165, 1.54) is 0 Å². The molecule has 0 spiro atoms. The van der Waals surface area contributed by atoms with Crippen LogP contribution < -0.4 is 5.32 Å². The molecule has 2 aliphatic heterocycles. The highest BCUT2D eigenvalue weighted by molar-refractivity contribution is 5.99. The van der Waals surface area contributed by atoms with E-state index >= 15 is 0 Å². The van der Waals surface area contributed by atoms with Crippen molar-refractivity contribution in [2.45, 2.75) is 39.8 Å². The van der Waals surface area contributed by atoms with Crippen LogP contribution in [0.1, 0.15) is 66.1 Å². The van der Waals surface area contributed by atoms with Crippen molar-refractivity contribution in [3.8, 4) is 0 Å². The first-order valence-electron chi connectivity index (χ1n) is 12.1. The number of esters is 1. The first-order chi connectivity index (χ1) is 16.4. The van der Waals surface area contributed by atoms with Gasteiger partial charge in [-0.25, -0.2) is 0 Å². The number of piperidine rings is 1. The molecule has 0 aliphatic carbocycles. The average molecular weight is 464 g/mol. The summed E-state index contributed by atoms with van der Waals surface area (Å²) in [6.07, 6.45) is 1.02. The Hall–Kier alpha value is -3.35. The van der Waals surface area contributed by atoms with E-state index in [1.54, 1.807) is 11.8 Å². The zero-order chi connectivity index (χ0) is 24.2.